The summed E-state index contributed by atoms with van der Waals surface area (Å²) in [5, 5.41) is 7.54. The minimum absolute atomic E-state index is 0.0644. The van der Waals surface area contributed by atoms with Gasteiger partial charge in [-0.05, 0) is 46.6 Å². The Labute approximate surface area is 130 Å². The summed E-state index contributed by atoms with van der Waals surface area (Å²) >= 11 is 0. The summed E-state index contributed by atoms with van der Waals surface area (Å²) < 4.78 is 1.73. The molecule has 0 aliphatic heterocycles. The van der Waals surface area contributed by atoms with E-state index in [1.54, 1.807) is 4.68 Å². The topological polar surface area (TPSA) is 72.7 Å². The fourth-order valence-corrected chi connectivity index (χ4v) is 2.59. The van der Waals surface area contributed by atoms with Crippen LogP contribution in [0.15, 0.2) is 6.07 Å². The van der Waals surface area contributed by atoms with Gasteiger partial charge in [-0.15, -0.1) is 0 Å². The van der Waals surface area contributed by atoms with E-state index in [9.17, 15) is 4.79 Å². The lowest BCUT2D eigenvalue weighted by atomic mass is 10.1. The maximum absolute atomic E-state index is 12.0. The maximum Gasteiger partial charge on any atom is 0.251 e. The molecule has 0 unspecified atom stereocenters. The molecule has 2 heterocycles. The van der Waals surface area contributed by atoms with Gasteiger partial charge in [0.2, 0.25) is 5.91 Å². The van der Waals surface area contributed by atoms with Crippen molar-refractivity contribution >= 4 is 5.91 Å². The van der Waals surface area contributed by atoms with Crippen molar-refractivity contribution in [3.05, 3.63) is 34.4 Å². The predicted molar refractivity (Wildman–Crippen MR) is 83.0 cm³/mol. The smallest absolute Gasteiger partial charge is 0.251 e. The molecule has 2 aromatic heterocycles. The zero-order valence-electron chi connectivity index (χ0n) is 13.5. The Morgan fingerprint density at radius 1 is 1.23 bits per heavy atom. The standard InChI is InChI=1S/C16H21N5O/c1-9-7-10(2)18-16(17-9)21-12(4)14(11(3)20-21)8-15(22)19-13-5-6-13/h7,13H,5-6,8H2,1-4H3,(H,19,22). The van der Waals surface area contributed by atoms with E-state index in [-0.39, 0.29) is 5.91 Å². The van der Waals surface area contributed by atoms with Crippen molar-refractivity contribution in [3.63, 3.8) is 0 Å². The monoisotopic (exact) mass is 299 g/mol. The van der Waals surface area contributed by atoms with Crippen molar-refractivity contribution in [3.8, 4) is 5.95 Å². The van der Waals surface area contributed by atoms with Gasteiger partial charge in [-0.25, -0.2) is 14.6 Å². The number of amides is 1. The Morgan fingerprint density at radius 2 is 1.86 bits per heavy atom. The summed E-state index contributed by atoms with van der Waals surface area (Å²) in [6, 6.07) is 2.31. The molecule has 0 bridgehead atoms. The molecule has 0 aromatic carbocycles. The first-order valence-corrected chi connectivity index (χ1v) is 7.61. The predicted octanol–water partition coefficient (Wildman–Crippen LogP) is 1.72. The highest BCUT2D eigenvalue weighted by molar-refractivity contribution is 5.79. The fraction of sp³-hybridized carbons (Fsp3) is 0.500. The number of nitrogens with one attached hydrogen (secondary N) is 1. The van der Waals surface area contributed by atoms with Gasteiger partial charge in [-0.3, -0.25) is 4.79 Å². The van der Waals surface area contributed by atoms with Gasteiger partial charge in [-0.2, -0.15) is 5.10 Å². The summed E-state index contributed by atoms with van der Waals surface area (Å²) in [4.78, 5) is 20.9. The molecule has 6 heteroatoms. The number of rotatable bonds is 4. The van der Waals surface area contributed by atoms with Crippen molar-refractivity contribution < 1.29 is 4.79 Å². The quantitative estimate of drug-likeness (QED) is 0.933. The number of carbonyl (C=O) groups excluding carboxylic acids is 1. The SMILES string of the molecule is Cc1cc(C)nc(-n2nc(C)c(CC(=O)NC3CC3)c2C)n1. The lowest BCUT2D eigenvalue weighted by Gasteiger charge is -2.06. The van der Waals surface area contributed by atoms with E-state index in [0.717, 1.165) is 41.2 Å². The van der Waals surface area contributed by atoms with Crippen LogP contribution in [0.25, 0.3) is 5.95 Å². The molecule has 1 aliphatic carbocycles. The molecule has 6 nitrogen and oxygen atoms in total. The van der Waals surface area contributed by atoms with Crippen molar-refractivity contribution in [2.45, 2.75) is 53.0 Å². The third-order valence-electron chi connectivity index (χ3n) is 3.88. The number of carbonyl (C=O) groups is 1. The molecule has 22 heavy (non-hydrogen) atoms. The molecule has 1 fully saturated rings. The molecule has 0 saturated heterocycles. The number of nitrogens with zero attached hydrogens (tertiary/aromatic N) is 4. The Morgan fingerprint density at radius 3 is 2.45 bits per heavy atom. The minimum Gasteiger partial charge on any atom is -0.353 e. The lowest BCUT2D eigenvalue weighted by molar-refractivity contribution is -0.120. The second-order valence-corrected chi connectivity index (χ2v) is 6.03. The van der Waals surface area contributed by atoms with Crippen LogP contribution >= 0.6 is 0 Å². The van der Waals surface area contributed by atoms with E-state index in [0.29, 0.717) is 18.4 Å². The Balaban J connectivity index is 1.90. The van der Waals surface area contributed by atoms with Crippen LogP contribution in [-0.2, 0) is 11.2 Å². The van der Waals surface area contributed by atoms with Crippen LogP contribution in [0.2, 0.25) is 0 Å². The van der Waals surface area contributed by atoms with Crippen LogP contribution in [0.3, 0.4) is 0 Å². The van der Waals surface area contributed by atoms with Crippen LogP contribution in [0, 0.1) is 27.7 Å². The van der Waals surface area contributed by atoms with E-state index in [1.165, 1.54) is 0 Å². The Kier molecular flexibility index (Phi) is 3.68. The van der Waals surface area contributed by atoms with E-state index in [4.69, 9.17) is 0 Å². The molecule has 0 spiro atoms. The highest BCUT2D eigenvalue weighted by atomic mass is 16.1. The Hall–Kier alpha value is -2.24. The average Bonchev–Trinajstić information content (AvgIpc) is 3.19. The summed E-state index contributed by atoms with van der Waals surface area (Å²) in [6.07, 6.45) is 2.55. The van der Waals surface area contributed by atoms with E-state index >= 15 is 0 Å². The van der Waals surface area contributed by atoms with Crippen LogP contribution in [-0.4, -0.2) is 31.7 Å². The van der Waals surface area contributed by atoms with Crippen molar-refractivity contribution in [1.82, 2.24) is 25.1 Å². The first kappa shape index (κ1) is 14.7. The molecular weight excluding hydrogens is 278 g/mol. The zero-order chi connectivity index (χ0) is 15.9. The van der Waals surface area contributed by atoms with Gasteiger partial charge in [0, 0.05) is 28.7 Å². The summed E-state index contributed by atoms with van der Waals surface area (Å²) in [6.45, 7) is 7.76. The lowest BCUT2D eigenvalue weighted by Crippen LogP contribution is -2.27. The van der Waals surface area contributed by atoms with Crippen LogP contribution in [0.5, 0.6) is 0 Å². The minimum atomic E-state index is 0.0644. The molecule has 1 amide bonds. The van der Waals surface area contributed by atoms with Gasteiger partial charge < -0.3 is 5.32 Å². The van der Waals surface area contributed by atoms with Crippen LogP contribution in [0.4, 0.5) is 0 Å². The van der Waals surface area contributed by atoms with Crippen LogP contribution in [0.1, 0.15) is 41.2 Å². The molecule has 0 atom stereocenters. The fourth-order valence-electron chi connectivity index (χ4n) is 2.59. The normalized spacial score (nSPS) is 14.2. The van der Waals surface area contributed by atoms with Gasteiger partial charge in [0.15, 0.2) is 0 Å². The molecule has 1 saturated carbocycles. The molecule has 2 aromatic rings. The molecule has 1 N–H and O–H groups in total. The average molecular weight is 299 g/mol. The van der Waals surface area contributed by atoms with E-state index in [2.05, 4.69) is 20.4 Å². The van der Waals surface area contributed by atoms with Crippen molar-refractivity contribution in [2.24, 2.45) is 0 Å². The second-order valence-electron chi connectivity index (χ2n) is 6.03. The number of hydrogen-bond donors (Lipinski definition) is 1. The first-order valence-electron chi connectivity index (χ1n) is 7.61. The number of aryl methyl sites for hydroxylation is 3. The molecule has 3 rings (SSSR count). The summed E-state index contributed by atoms with van der Waals surface area (Å²) in [7, 11) is 0. The van der Waals surface area contributed by atoms with Crippen molar-refractivity contribution in [2.75, 3.05) is 0 Å². The van der Waals surface area contributed by atoms with Gasteiger partial charge in [0.25, 0.3) is 5.95 Å². The van der Waals surface area contributed by atoms with Gasteiger partial charge in [0.05, 0.1) is 12.1 Å². The zero-order valence-corrected chi connectivity index (χ0v) is 13.5. The van der Waals surface area contributed by atoms with Gasteiger partial charge in [-0.1, -0.05) is 0 Å². The molecule has 1 aliphatic rings. The number of hydrogen-bond acceptors (Lipinski definition) is 4. The van der Waals surface area contributed by atoms with Gasteiger partial charge >= 0.3 is 0 Å². The molecule has 116 valence electrons. The highest BCUT2D eigenvalue weighted by Crippen LogP contribution is 2.20. The number of aromatic nitrogens is 4. The molecular formula is C16H21N5O. The van der Waals surface area contributed by atoms with E-state index < -0.39 is 0 Å². The first-order chi connectivity index (χ1) is 10.4. The third-order valence-corrected chi connectivity index (χ3v) is 3.88. The van der Waals surface area contributed by atoms with Crippen LogP contribution < -0.4 is 5.32 Å². The summed E-state index contributed by atoms with van der Waals surface area (Å²) in [5.74, 6) is 0.626. The van der Waals surface area contributed by atoms with E-state index in [1.807, 2.05) is 33.8 Å². The van der Waals surface area contributed by atoms with Crippen molar-refractivity contribution in [1.29, 1.82) is 0 Å². The maximum atomic E-state index is 12.0. The highest BCUT2D eigenvalue weighted by Gasteiger charge is 2.24. The largest absolute Gasteiger partial charge is 0.353 e. The second kappa shape index (κ2) is 5.51. The molecule has 0 radical (unpaired) electrons. The summed E-state index contributed by atoms with van der Waals surface area (Å²) in [5.41, 5.74) is 4.55. The van der Waals surface area contributed by atoms with Gasteiger partial charge in [0.1, 0.15) is 0 Å². The Bertz CT molecular complexity index is 710. The third kappa shape index (κ3) is 3.00.